The molecule has 13 heteroatoms. The van der Waals surface area contributed by atoms with Gasteiger partial charge in [0.25, 0.3) is 5.91 Å². The van der Waals surface area contributed by atoms with Crippen molar-refractivity contribution in [2.75, 3.05) is 85.6 Å². The van der Waals surface area contributed by atoms with Crippen LogP contribution in [0.4, 0.5) is 4.39 Å². The Labute approximate surface area is 282 Å². The number of benzene rings is 2. The number of likely N-dealkylation sites (N-methyl/N-ethyl adjacent to an activating group) is 1. The first-order chi connectivity index (χ1) is 23.0. The highest BCUT2D eigenvalue weighted by Crippen LogP contribution is 2.19. The van der Waals surface area contributed by atoms with Crippen LogP contribution in [0.5, 0.6) is 0 Å². The van der Waals surface area contributed by atoms with Crippen molar-refractivity contribution in [2.24, 2.45) is 17.4 Å². The maximum Gasteiger partial charge on any atom is 0.256 e. The topological polar surface area (TPSA) is 160 Å². The molecule has 2 fully saturated rings. The van der Waals surface area contributed by atoms with Crippen LogP contribution in [-0.4, -0.2) is 139 Å². The van der Waals surface area contributed by atoms with Gasteiger partial charge >= 0.3 is 0 Å². The molecular formula is C35H49FN8O4. The lowest BCUT2D eigenvalue weighted by Crippen LogP contribution is -2.52. The summed E-state index contributed by atoms with van der Waals surface area (Å²) in [5, 5.41) is 8.52. The lowest BCUT2D eigenvalue weighted by molar-refractivity contribution is -0.134. The largest absolute Gasteiger partial charge is 0.366 e. The standard InChI is InChI=1S/C35H49FN8O4/c1-3-25(23-41-12-14-42(15-13-41)32(45)22-37)10-11-40(2)24-33(46)43-16-18-44(19-17-43)35(48)29-20-26(8-9-30(29)36)21-31(38)27-6-4-5-7-28(27)34(39)47/h4-9,20,25,38H,3,10-19,21-24,37H2,1-2H3,(H2,39,47). The second-order valence-electron chi connectivity index (χ2n) is 12.7. The van der Waals surface area contributed by atoms with E-state index in [0.717, 1.165) is 39.0 Å². The molecule has 48 heavy (non-hydrogen) atoms. The number of nitrogens with two attached hydrogens (primary N) is 2. The highest BCUT2D eigenvalue weighted by Gasteiger charge is 2.28. The van der Waals surface area contributed by atoms with Crippen molar-refractivity contribution >= 4 is 29.3 Å². The summed E-state index contributed by atoms with van der Waals surface area (Å²) < 4.78 is 14.8. The van der Waals surface area contributed by atoms with Crippen LogP contribution in [0.3, 0.4) is 0 Å². The van der Waals surface area contributed by atoms with E-state index in [2.05, 4.69) is 11.8 Å². The minimum Gasteiger partial charge on any atom is -0.366 e. The molecule has 0 aliphatic carbocycles. The fourth-order valence-electron chi connectivity index (χ4n) is 6.35. The van der Waals surface area contributed by atoms with Gasteiger partial charge in [-0.1, -0.05) is 37.6 Å². The molecule has 2 aromatic carbocycles. The van der Waals surface area contributed by atoms with Gasteiger partial charge in [0, 0.05) is 82.2 Å². The maximum atomic E-state index is 14.8. The van der Waals surface area contributed by atoms with Crippen molar-refractivity contribution in [1.29, 1.82) is 5.41 Å². The SMILES string of the molecule is CCC(CCN(C)CC(=O)N1CCN(C(=O)c2cc(CC(=N)c3ccccc3C(N)=O)ccc2F)CC1)CN1CCN(C(=O)CN)CC1. The summed E-state index contributed by atoms with van der Waals surface area (Å²) in [4.78, 5) is 59.7. The van der Waals surface area contributed by atoms with E-state index in [1.54, 1.807) is 34.1 Å². The fraction of sp³-hybridized carbons (Fsp3) is 0.514. The quantitative estimate of drug-likeness (QED) is 0.257. The second kappa shape index (κ2) is 17.3. The number of halogens is 1. The summed E-state index contributed by atoms with van der Waals surface area (Å²) in [5.74, 6) is -1.25. The van der Waals surface area contributed by atoms with Crippen molar-refractivity contribution < 1.29 is 23.6 Å². The van der Waals surface area contributed by atoms with Crippen LogP contribution in [0.25, 0.3) is 0 Å². The number of hydrogen-bond acceptors (Lipinski definition) is 8. The number of carbonyl (C=O) groups is 4. The zero-order chi connectivity index (χ0) is 34.8. The van der Waals surface area contributed by atoms with Gasteiger partial charge < -0.3 is 31.6 Å². The van der Waals surface area contributed by atoms with Crippen LogP contribution in [0.1, 0.15) is 51.6 Å². The number of primary amides is 1. The van der Waals surface area contributed by atoms with E-state index in [1.807, 2.05) is 16.8 Å². The number of amides is 4. The Bertz CT molecular complexity index is 1470. The maximum absolute atomic E-state index is 14.8. The molecule has 2 saturated heterocycles. The number of rotatable bonds is 14. The lowest BCUT2D eigenvalue weighted by Gasteiger charge is -2.37. The highest BCUT2D eigenvalue weighted by atomic mass is 19.1. The summed E-state index contributed by atoms with van der Waals surface area (Å²) in [5.41, 5.74) is 12.2. The third-order valence-corrected chi connectivity index (χ3v) is 9.40. The third-order valence-electron chi connectivity index (χ3n) is 9.40. The molecule has 2 aliphatic rings. The minimum atomic E-state index is -0.651. The number of nitrogens with zero attached hydrogens (tertiary/aromatic N) is 5. The average molecular weight is 665 g/mol. The first-order valence-electron chi connectivity index (χ1n) is 16.7. The molecule has 2 aromatic rings. The van der Waals surface area contributed by atoms with E-state index in [9.17, 15) is 23.6 Å². The van der Waals surface area contributed by atoms with Crippen LogP contribution in [-0.2, 0) is 16.0 Å². The molecule has 260 valence electrons. The number of nitrogens with one attached hydrogen (secondary N) is 1. The van der Waals surface area contributed by atoms with Crippen LogP contribution < -0.4 is 11.5 Å². The van der Waals surface area contributed by atoms with Gasteiger partial charge in [-0.3, -0.25) is 29.0 Å². The molecule has 0 aromatic heterocycles. The molecule has 0 bridgehead atoms. The van der Waals surface area contributed by atoms with Crippen LogP contribution >= 0.6 is 0 Å². The Morgan fingerprint density at radius 1 is 0.875 bits per heavy atom. The van der Waals surface area contributed by atoms with Crippen molar-refractivity contribution in [2.45, 2.75) is 26.2 Å². The summed E-state index contributed by atoms with van der Waals surface area (Å²) in [7, 11) is 1.95. The van der Waals surface area contributed by atoms with Crippen molar-refractivity contribution in [3.05, 3.63) is 70.5 Å². The predicted octanol–water partition coefficient (Wildman–Crippen LogP) is 1.27. The molecule has 1 atom stereocenters. The summed E-state index contributed by atoms with van der Waals surface area (Å²) >= 11 is 0. The number of hydrogen-bond donors (Lipinski definition) is 3. The van der Waals surface area contributed by atoms with Gasteiger partial charge in [0.15, 0.2) is 0 Å². The summed E-state index contributed by atoms with van der Waals surface area (Å²) in [6.45, 7) is 8.71. The minimum absolute atomic E-state index is 0.000957. The van der Waals surface area contributed by atoms with E-state index in [1.165, 1.54) is 18.2 Å². The smallest absolute Gasteiger partial charge is 0.256 e. The van der Waals surface area contributed by atoms with Crippen LogP contribution in [0.15, 0.2) is 42.5 Å². The molecule has 12 nitrogen and oxygen atoms in total. The Morgan fingerprint density at radius 2 is 1.48 bits per heavy atom. The van der Waals surface area contributed by atoms with E-state index in [0.29, 0.717) is 56.3 Å². The first kappa shape index (κ1) is 36.6. The highest BCUT2D eigenvalue weighted by molar-refractivity contribution is 6.09. The molecule has 2 heterocycles. The Balaban J connectivity index is 1.23. The first-order valence-corrected chi connectivity index (χ1v) is 16.7. The number of carbonyl (C=O) groups excluding carboxylic acids is 4. The van der Waals surface area contributed by atoms with Gasteiger partial charge in [0.2, 0.25) is 17.7 Å². The third kappa shape index (κ3) is 9.68. The van der Waals surface area contributed by atoms with Crippen molar-refractivity contribution in [3.8, 4) is 0 Å². The normalized spacial score (nSPS) is 16.2. The van der Waals surface area contributed by atoms with Crippen LogP contribution in [0, 0.1) is 17.1 Å². The lowest BCUT2D eigenvalue weighted by atomic mass is 9.96. The van der Waals surface area contributed by atoms with Gasteiger partial charge in [-0.25, -0.2) is 4.39 Å². The van der Waals surface area contributed by atoms with E-state index < -0.39 is 17.6 Å². The molecular weight excluding hydrogens is 615 g/mol. The van der Waals surface area contributed by atoms with Crippen molar-refractivity contribution in [3.63, 3.8) is 0 Å². The summed E-state index contributed by atoms with van der Waals surface area (Å²) in [6, 6.07) is 10.8. The van der Waals surface area contributed by atoms with Gasteiger partial charge in [-0.2, -0.15) is 0 Å². The fourth-order valence-corrected chi connectivity index (χ4v) is 6.35. The zero-order valence-electron chi connectivity index (χ0n) is 28.1. The Morgan fingerprint density at radius 3 is 2.10 bits per heavy atom. The Hall–Kier alpha value is -4.20. The zero-order valence-corrected chi connectivity index (χ0v) is 28.1. The molecule has 1 unspecified atom stereocenters. The molecule has 4 amide bonds. The van der Waals surface area contributed by atoms with Gasteiger partial charge in [-0.05, 0) is 49.7 Å². The van der Waals surface area contributed by atoms with Gasteiger partial charge in [-0.15, -0.1) is 0 Å². The monoisotopic (exact) mass is 664 g/mol. The molecule has 4 rings (SSSR count). The van der Waals surface area contributed by atoms with E-state index in [-0.39, 0.29) is 48.2 Å². The second-order valence-corrected chi connectivity index (χ2v) is 12.7. The summed E-state index contributed by atoms with van der Waals surface area (Å²) in [6.07, 6.45) is 2.09. The van der Waals surface area contributed by atoms with Crippen LogP contribution in [0.2, 0.25) is 0 Å². The Kier molecular flexibility index (Phi) is 13.2. The van der Waals surface area contributed by atoms with E-state index >= 15 is 0 Å². The van der Waals surface area contributed by atoms with Gasteiger partial charge in [0.05, 0.1) is 18.7 Å². The van der Waals surface area contributed by atoms with Crippen molar-refractivity contribution in [1.82, 2.24) is 24.5 Å². The molecule has 0 radical (unpaired) electrons. The molecule has 2 aliphatic heterocycles. The molecule has 5 N–H and O–H groups in total. The average Bonchev–Trinajstić information content (AvgIpc) is 3.10. The van der Waals surface area contributed by atoms with E-state index in [4.69, 9.17) is 16.9 Å². The molecule has 0 saturated carbocycles. The predicted molar refractivity (Wildman–Crippen MR) is 182 cm³/mol. The molecule has 0 spiro atoms. The number of piperazine rings is 2. The van der Waals surface area contributed by atoms with Gasteiger partial charge in [0.1, 0.15) is 5.82 Å².